The molecule has 180 valence electrons. The summed E-state index contributed by atoms with van der Waals surface area (Å²) in [5, 5.41) is 4.16. The first-order valence-electron chi connectivity index (χ1n) is 10.8. The van der Waals surface area contributed by atoms with Crippen molar-refractivity contribution in [2.24, 2.45) is 0 Å². The summed E-state index contributed by atoms with van der Waals surface area (Å²) in [6.07, 6.45) is -3.12. The number of nitrogens with zero attached hydrogens (tertiary/aromatic N) is 4. The van der Waals surface area contributed by atoms with Crippen LogP contribution < -0.4 is 4.74 Å². The van der Waals surface area contributed by atoms with E-state index in [0.29, 0.717) is 32.6 Å². The molecule has 0 bridgehead atoms. The molecule has 10 heteroatoms. The third-order valence-electron chi connectivity index (χ3n) is 5.76. The zero-order valence-corrected chi connectivity index (χ0v) is 19.3. The van der Waals surface area contributed by atoms with E-state index >= 15 is 0 Å². The Bertz CT molecular complexity index is 1150. The van der Waals surface area contributed by atoms with Gasteiger partial charge in [-0.25, -0.2) is 4.68 Å². The lowest BCUT2D eigenvalue weighted by Crippen LogP contribution is -2.36. The van der Waals surface area contributed by atoms with Gasteiger partial charge < -0.3 is 9.64 Å². The molecular formula is C24H24ClF3N4O2. The van der Waals surface area contributed by atoms with Crippen LogP contribution in [0.3, 0.4) is 0 Å². The molecule has 0 aliphatic carbocycles. The fourth-order valence-electron chi connectivity index (χ4n) is 4.07. The van der Waals surface area contributed by atoms with Crippen molar-refractivity contribution in [3.8, 4) is 11.4 Å². The van der Waals surface area contributed by atoms with Crippen LogP contribution in [-0.4, -0.2) is 58.8 Å². The van der Waals surface area contributed by atoms with Gasteiger partial charge in [0.1, 0.15) is 5.75 Å². The van der Waals surface area contributed by atoms with Gasteiger partial charge in [0.05, 0.1) is 24.6 Å². The highest BCUT2D eigenvalue weighted by Crippen LogP contribution is 2.34. The van der Waals surface area contributed by atoms with E-state index < -0.39 is 23.3 Å². The number of hydrogen-bond donors (Lipinski definition) is 0. The van der Waals surface area contributed by atoms with Crippen LogP contribution in [0.2, 0.25) is 5.02 Å². The number of benzene rings is 2. The Morgan fingerprint density at radius 1 is 1.09 bits per heavy atom. The number of amides is 1. The molecule has 0 atom stereocenters. The number of carbonyl (C=O) groups excluding carboxylic acids is 1. The Labute approximate surface area is 200 Å². The van der Waals surface area contributed by atoms with Crippen molar-refractivity contribution < 1.29 is 22.7 Å². The van der Waals surface area contributed by atoms with Crippen molar-refractivity contribution in [3.63, 3.8) is 0 Å². The Kier molecular flexibility index (Phi) is 7.13. The summed E-state index contributed by atoms with van der Waals surface area (Å²) >= 11 is 5.95. The van der Waals surface area contributed by atoms with E-state index in [1.165, 1.54) is 23.1 Å². The van der Waals surface area contributed by atoms with Crippen LogP contribution in [0.1, 0.15) is 28.0 Å². The van der Waals surface area contributed by atoms with Crippen LogP contribution in [0.4, 0.5) is 13.2 Å². The molecule has 1 saturated heterocycles. The Balaban J connectivity index is 1.51. The van der Waals surface area contributed by atoms with Crippen LogP contribution in [0.15, 0.2) is 54.7 Å². The van der Waals surface area contributed by atoms with Gasteiger partial charge >= 0.3 is 6.18 Å². The molecule has 3 aromatic rings. The smallest absolute Gasteiger partial charge is 0.434 e. The highest BCUT2D eigenvalue weighted by Gasteiger charge is 2.41. The van der Waals surface area contributed by atoms with E-state index in [0.717, 1.165) is 28.7 Å². The number of hydrogen-bond acceptors (Lipinski definition) is 4. The molecule has 6 nitrogen and oxygen atoms in total. The first-order valence-corrected chi connectivity index (χ1v) is 11.2. The topological polar surface area (TPSA) is 50.6 Å². The van der Waals surface area contributed by atoms with Crippen LogP contribution >= 0.6 is 11.6 Å². The van der Waals surface area contributed by atoms with E-state index in [1.54, 1.807) is 13.2 Å². The minimum atomic E-state index is -4.77. The predicted molar refractivity (Wildman–Crippen MR) is 122 cm³/mol. The lowest BCUT2D eigenvalue weighted by molar-refractivity contribution is -0.143. The molecule has 1 amide bonds. The maximum absolute atomic E-state index is 14.0. The Hall–Kier alpha value is -3.04. The number of ether oxygens (including phenoxy) is 1. The third-order valence-corrected chi connectivity index (χ3v) is 6.00. The number of rotatable bonds is 5. The lowest BCUT2D eigenvalue weighted by Gasteiger charge is -2.22. The Morgan fingerprint density at radius 2 is 1.85 bits per heavy atom. The number of aromatic nitrogens is 2. The maximum atomic E-state index is 14.0. The largest absolute Gasteiger partial charge is 0.497 e. The van der Waals surface area contributed by atoms with Crippen LogP contribution in [-0.2, 0) is 12.7 Å². The van der Waals surface area contributed by atoms with Gasteiger partial charge in [0.15, 0.2) is 5.69 Å². The highest BCUT2D eigenvalue weighted by atomic mass is 35.5. The number of methoxy groups -OCH3 is 1. The van der Waals surface area contributed by atoms with Gasteiger partial charge in [-0.2, -0.15) is 18.3 Å². The van der Waals surface area contributed by atoms with Gasteiger partial charge in [-0.1, -0.05) is 29.8 Å². The third kappa shape index (κ3) is 5.37. The Morgan fingerprint density at radius 3 is 2.53 bits per heavy atom. The van der Waals surface area contributed by atoms with Crippen molar-refractivity contribution >= 4 is 17.5 Å². The standard InChI is InChI=1S/C24H24ClF3N4O2/c1-34-20-8-6-17(7-9-20)16-30-10-3-11-31(13-12-30)23(33)21-15-29-32(22(21)24(26,27)28)19-5-2-4-18(25)14-19/h2,4-9,14-15H,3,10-13,16H2,1H3. The second-order valence-corrected chi connectivity index (χ2v) is 8.50. The number of alkyl halides is 3. The molecule has 0 radical (unpaired) electrons. The normalized spacial score (nSPS) is 15.3. The molecule has 4 rings (SSSR count). The molecular weight excluding hydrogens is 469 g/mol. The summed E-state index contributed by atoms with van der Waals surface area (Å²) in [5.41, 5.74) is -0.321. The van der Waals surface area contributed by atoms with E-state index in [-0.39, 0.29) is 10.7 Å². The quantitative estimate of drug-likeness (QED) is 0.508. The average Bonchev–Trinajstić information content (AvgIpc) is 3.15. The van der Waals surface area contributed by atoms with E-state index in [1.807, 2.05) is 24.3 Å². The van der Waals surface area contributed by atoms with E-state index in [9.17, 15) is 18.0 Å². The summed E-state index contributed by atoms with van der Waals surface area (Å²) in [6, 6.07) is 13.7. The molecule has 2 heterocycles. The van der Waals surface area contributed by atoms with Crippen LogP contribution in [0.25, 0.3) is 5.69 Å². The minimum absolute atomic E-state index is 0.139. The summed E-state index contributed by atoms with van der Waals surface area (Å²) in [4.78, 5) is 16.8. The molecule has 1 aliphatic heterocycles. The van der Waals surface area contributed by atoms with E-state index in [4.69, 9.17) is 16.3 Å². The molecule has 34 heavy (non-hydrogen) atoms. The first kappa shape index (κ1) is 24.1. The summed E-state index contributed by atoms with van der Waals surface area (Å²) in [7, 11) is 1.61. The zero-order chi connectivity index (χ0) is 24.3. The fraction of sp³-hybridized carbons (Fsp3) is 0.333. The first-order chi connectivity index (χ1) is 16.3. The minimum Gasteiger partial charge on any atom is -0.497 e. The van der Waals surface area contributed by atoms with Crippen LogP contribution in [0.5, 0.6) is 5.75 Å². The van der Waals surface area contributed by atoms with Gasteiger partial charge in [0.25, 0.3) is 5.91 Å². The summed E-state index contributed by atoms with van der Waals surface area (Å²) in [6.45, 7) is 2.68. The molecule has 2 aromatic carbocycles. The lowest BCUT2D eigenvalue weighted by atomic mass is 10.2. The second-order valence-electron chi connectivity index (χ2n) is 8.07. The van der Waals surface area contributed by atoms with Crippen molar-refractivity contribution in [2.75, 3.05) is 33.3 Å². The number of carbonyl (C=O) groups is 1. The van der Waals surface area contributed by atoms with Gasteiger partial charge in [-0.05, 0) is 42.3 Å². The van der Waals surface area contributed by atoms with Crippen molar-refractivity contribution in [1.29, 1.82) is 0 Å². The van der Waals surface area contributed by atoms with Crippen molar-refractivity contribution in [3.05, 3.63) is 76.6 Å². The second kappa shape index (κ2) is 10.1. The zero-order valence-electron chi connectivity index (χ0n) is 18.6. The molecule has 1 aliphatic rings. The van der Waals surface area contributed by atoms with Crippen LogP contribution in [0, 0.1) is 0 Å². The van der Waals surface area contributed by atoms with Crippen molar-refractivity contribution in [1.82, 2.24) is 19.6 Å². The molecule has 1 aromatic heterocycles. The van der Waals surface area contributed by atoms with Gasteiger partial charge in [-0.15, -0.1) is 0 Å². The average molecular weight is 493 g/mol. The fourth-order valence-corrected chi connectivity index (χ4v) is 4.26. The molecule has 0 N–H and O–H groups in total. The summed E-state index contributed by atoms with van der Waals surface area (Å²) in [5.74, 6) is 0.0991. The SMILES string of the molecule is COc1ccc(CN2CCCN(C(=O)c3cnn(-c4cccc(Cl)c4)c3C(F)(F)F)CC2)cc1. The molecule has 0 unspecified atom stereocenters. The summed E-state index contributed by atoms with van der Waals surface area (Å²) < 4.78 is 47.9. The van der Waals surface area contributed by atoms with Gasteiger partial charge in [0, 0.05) is 37.7 Å². The predicted octanol–water partition coefficient (Wildman–Crippen LogP) is 4.90. The monoisotopic (exact) mass is 492 g/mol. The number of halogens is 4. The van der Waals surface area contributed by atoms with Gasteiger partial charge in [0.2, 0.25) is 0 Å². The molecule has 0 spiro atoms. The molecule has 0 saturated carbocycles. The molecule has 1 fully saturated rings. The highest BCUT2D eigenvalue weighted by molar-refractivity contribution is 6.30. The van der Waals surface area contributed by atoms with Crippen molar-refractivity contribution in [2.45, 2.75) is 19.1 Å². The maximum Gasteiger partial charge on any atom is 0.434 e. The van der Waals surface area contributed by atoms with Gasteiger partial charge in [-0.3, -0.25) is 9.69 Å². The van der Waals surface area contributed by atoms with E-state index in [2.05, 4.69) is 10.00 Å².